The number of aryl methyl sites for hydroxylation is 1. The van der Waals surface area contributed by atoms with Gasteiger partial charge in [0.25, 0.3) is 0 Å². The Labute approximate surface area is 250 Å². The second-order valence-corrected chi connectivity index (χ2v) is 11.8. The second-order valence-electron chi connectivity index (χ2n) is 10.9. The molecule has 1 fully saturated rings. The Bertz CT molecular complexity index is 1480. The predicted molar refractivity (Wildman–Crippen MR) is 166 cm³/mol. The molecule has 8 nitrogen and oxygen atoms in total. The Morgan fingerprint density at radius 3 is 2.63 bits per heavy atom. The lowest BCUT2D eigenvalue weighted by Crippen LogP contribution is -2.53. The molecule has 0 spiro atoms. The van der Waals surface area contributed by atoms with Gasteiger partial charge in [0.2, 0.25) is 0 Å². The number of hydrogen-bond donors (Lipinski definition) is 2. The summed E-state index contributed by atoms with van der Waals surface area (Å²) in [7, 11) is 0. The average molecular weight is 615 g/mol. The minimum Gasteiger partial charge on any atom is -0.404 e. The highest BCUT2D eigenvalue weighted by molar-refractivity contribution is 9.11. The fourth-order valence-corrected chi connectivity index (χ4v) is 6.06. The van der Waals surface area contributed by atoms with Gasteiger partial charge in [0.05, 0.1) is 11.6 Å². The first-order chi connectivity index (χ1) is 19.8. The van der Waals surface area contributed by atoms with E-state index in [0.29, 0.717) is 30.3 Å². The van der Waals surface area contributed by atoms with Gasteiger partial charge in [0.15, 0.2) is 0 Å². The largest absolute Gasteiger partial charge is 0.404 e. The van der Waals surface area contributed by atoms with Gasteiger partial charge in [-0.1, -0.05) is 25.2 Å². The molecule has 2 aromatic rings. The summed E-state index contributed by atoms with van der Waals surface area (Å²) in [5.74, 6) is 1.46. The van der Waals surface area contributed by atoms with Crippen LogP contribution >= 0.6 is 15.9 Å². The molecule has 41 heavy (non-hydrogen) atoms. The van der Waals surface area contributed by atoms with Crippen molar-refractivity contribution < 1.29 is 4.79 Å². The van der Waals surface area contributed by atoms with E-state index in [2.05, 4.69) is 73.0 Å². The third-order valence-corrected chi connectivity index (χ3v) is 8.59. The summed E-state index contributed by atoms with van der Waals surface area (Å²) in [5.41, 5.74) is 12.4. The molecule has 2 amide bonds. The molecule has 2 unspecified atom stereocenters. The third-order valence-electron chi connectivity index (χ3n) is 8.09. The van der Waals surface area contributed by atoms with Crippen LogP contribution in [0.15, 0.2) is 93.9 Å². The number of amides is 2. The minimum absolute atomic E-state index is 0.112. The lowest BCUT2D eigenvalue weighted by Gasteiger charge is -2.40. The SMILES string of the molecule is Cc1nccn1CC1=CC2=C(C=CC(C)C2)C(N2CCN(C(=O)Nc3ccc(C#N)cc3)CC2)C/C1=C\C(Br)=C/N. The maximum Gasteiger partial charge on any atom is 0.321 e. The molecule has 1 aliphatic heterocycles. The zero-order valence-electron chi connectivity index (χ0n) is 23.6. The number of carbonyl (C=O) groups excluding carboxylic acids is 1. The Hall–Kier alpha value is -3.87. The lowest BCUT2D eigenvalue weighted by molar-refractivity contribution is 0.125. The van der Waals surface area contributed by atoms with Crippen LogP contribution in [0.2, 0.25) is 0 Å². The number of allylic oxidation sites excluding steroid dienone is 6. The number of hydrogen-bond acceptors (Lipinski definition) is 5. The summed E-state index contributed by atoms with van der Waals surface area (Å²) in [4.78, 5) is 21.8. The van der Waals surface area contributed by atoms with E-state index in [9.17, 15) is 4.79 Å². The molecular weight excluding hydrogens is 578 g/mol. The molecule has 0 saturated carbocycles. The van der Waals surface area contributed by atoms with Crippen molar-refractivity contribution in [2.75, 3.05) is 31.5 Å². The number of benzene rings is 1. The first kappa shape index (κ1) is 28.7. The first-order valence-electron chi connectivity index (χ1n) is 14.0. The van der Waals surface area contributed by atoms with E-state index in [1.165, 1.54) is 22.3 Å². The predicted octanol–water partition coefficient (Wildman–Crippen LogP) is 5.63. The summed E-state index contributed by atoms with van der Waals surface area (Å²) in [5, 5.41) is 12.0. The molecule has 2 heterocycles. The number of carbonyl (C=O) groups is 1. The molecule has 1 aromatic carbocycles. The van der Waals surface area contributed by atoms with Crippen molar-refractivity contribution in [1.29, 1.82) is 5.26 Å². The summed E-state index contributed by atoms with van der Waals surface area (Å²) >= 11 is 3.62. The van der Waals surface area contributed by atoms with Crippen molar-refractivity contribution in [3.8, 4) is 6.07 Å². The summed E-state index contributed by atoms with van der Waals surface area (Å²) < 4.78 is 3.04. The highest BCUT2D eigenvalue weighted by atomic mass is 79.9. The van der Waals surface area contributed by atoms with Crippen LogP contribution < -0.4 is 11.1 Å². The van der Waals surface area contributed by atoms with Crippen LogP contribution in [-0.4, -0.2) is 57.6 Å². The van der Waals surface area contributed by atoms with Crippen LogP contribution in [0.5, 0.6) is 0 Å². The molecular formula is C32H36BrN7O. The Balaban J connectivity index is 1.36. The number of halogens is 1. The van der Waals surface area contributed by atoms with Crippen LogP contribution in [-0.2, 0) is 6.54 Å². The zero-order chi connectivity index (χ0) is 28.9. The van der Waals surface area contributed by atoms with Crippen LogP contribution in [0.3, 0.4) is 0 Å². The lowest BCUT2D eigenvalue weighted by atomic mass is 9.86. The summed E-state index contributed by atoms with van der Waals surface area (Å²) in [6.45, 7) is 7.89. The number of piperazine rings is 1. The van der Waals surface area contributed by atoms with Crippen LogP contribution in [0.25, 0.3) is 0 Å². The van der Waals surface area contributed by atoms with E-state index in [-0.39, 0.29) is 12.1 Å². The van der Waals surface area contributed by atoms with Gasteiger partial charge < -0.3 is 20.5 Å². The van der Waals surface area contributed by atoms with Gasteiger partial charge in [0, 0.05) is 67.5 Å². The quantitative estimate of drug-likeness (QED) is 0.455. The normalized spacial score (nSPS) is 22.7. The van der Waals surface area contributed by atoms with E-state index >= 15 is 0 Å². The highest BCUT2D eigenvalue weighted by Crippen LogP contribution is 2.38. The molecule has 0 radical (unpaired) electrons. The van der Waals surface area contributed by atoms with E-state index in [0.717, 1.165) is 42.8 Å². The first-order valence-corrected chi connectivity index (χ1v) is 14.8. The molecule has 1 saturated heterocycles. The van der Waals surface area contributed by atoms with Gasteiger partial charge >= 0.3 is 6.03 Å². The second kappa shape index (κ2) is 12.8. The number of anilines is 1. The van der Waals surface area contributed by atoms with Crippen LogP contribution in [0, 0.1) is 24.2 Å². The standard InChI is InChI=1S/C32H36BrN7O/c1-22-3-8-30-26(15-22)16-27(21-40-10-9-36-23(40)2)25(17-28(33)20-35)18-31(30)38-11-13-39(14-12-38)32(41)37-29-6-4-24(19-34)5-7-29/h3-10,16-17,20,22,31H,11-15,18,21,35H2,1-2H3,(H,37,41)/b25-17+,28-20+. The number of urea groups is 1. The van der Waals surface area contributed by atoms with Crippen molar-refractivity contribution in [3.05, 3.63) is 105 Å². The fourth-order valence-electron chi connectivity index (χ4n) is 5.79. The minimum atomic E-state index is -0.112. The molecule has 5 rings (SSSR count). The Kier molecular flexibility index (Phi) is 8.91. The third kappa shape index (κ3) is 6.72. The van der Waals surface area contributed by atoms with E-state index in [1.807, 2.05) is 24.2 Å². The molecule has 2 aliphatic carbocycles. The number of imidazole rings is 1. The number of nitrogens with two attached hydrogens (primary N) is 1. The fraction of sp³-hybridized carbons (Fsp3) is 0.344. The van der Waals surface area contributed by atoms with Gasteiger partial charge in [-0.2, -0.15) is 5.26 Å². The molecule has 0 bridgehead atoms. The maximum absolute atomic E-state index is 13.0. The maximum atomic E-state index is 13.0. The number of nitrogens with one attached hydrogen (secondary N) is 1. The highest BCUT2D eigenvalue weighted by Gasteiger charge is 2.33. The zero-order valence-corrected chi connectivity index (χ0v) is 25.1. The van der Waals surface area contributed by atoms with Gasteiger partial charge in [0.1, 0.15) is 5.82 Å². The van der Waals surface area contributed by atoms with Crippen molar-refractivity contribution in [2.24, 2.45) is 11.7 Å². The number of nitrogens with zero attached hydrogens (tertiary/aromatic N) is 5. The molecule has 3 aliphatic rings. The molecule has 2 atom stereocenters. The smallest absolute Gasteiger partial charge is 0.321 e. The Morgan fingerprint density at radius 1 is 1.22 bits per heavy atom. The van der Waals surface area contributed by atoms with E-state index in [1.54, 1.807) is 30.5 Å². The van der Waals surface area contributed by atoms with Crippen LogP contribution in [0.1, 0.15) is 31.2 Å². The van der Waals surface area contributed by atoms with Crippen molar-refractivity contribution in [3.63, 3.8) is 0 Å². The van der Waals surface area contributed by atoms with Gasteiger partial charge in [-0.3, -0.25) is 4.90 Å². The van der Waals surface area contributed by atoms with Crippen LogP contribution in [0.4, 0.5) is 10.5 Å². The molecule has 9 heteroatoms. The number of rotatable bonds is 5. The van der Waals surface area contributed by atoms with Gasteiger partial charge in [-0.25, -0.2) is 9.78 Å². The van der Waals surface area contributed by atoms with Crippen molar-refractivity contribution in [1.82, 2.24) is 19.4 Å². The average Bonchev–Trinajstić information content (AvgIpc) is 3.32. The van der Waals surface area contributed by atoms with E-state index in [4.69, 9.17) is 11.0 Å². The molecule has 3 N–H and O–H groups in total. The monoisotopic (exact) mass is 613 g/mol. The number of nitriles is 1. The topological polar surface area (TPSA) is 103 Å². The Morgan fingerprint density at radius 2 is 1.98 bits per heavy atom. The van der Waals surface area contributed by atoms with E-state index < -0.39 is 0 Å². The summed E-state index contributed by atoms with van der Waals surface area (Å²) in [6.07, 6.45) is 16.5. The van der Waals surface area contributed by atoms with Gasteiger partial charge in [-0.15, -0.1) is 0 Å². The van der Waals surface area contributed by atoms with Crippen molar-refractivity contribution in [2.45, 2.75) is 39.3 Å². The molecule has 1 aromatic heterocycles. The van der Waals surface area contributed by atoms with Crippen molar-refractivity contribution >= 4 is 27.6 Å². The summed E-state index contributed by atoms with van der Waals surface area (Å²) in [6, 6.07) is 9.14. The number of aromatic nitrogens is 2. The van der Waals surface area contributed by atoms with Gasteiger partial charge in [-0.05, 0) is 94.2 Å². The molecule has 212 valence electrons.